The van der Waals surface area contributed by atoms with Gasteiger partial charge in [0, 0.05) is 5.69 Å². The number of oxazole rings is 2. The number of aromatic nitrogens is 2. The van der Waals surface area contributed by atoms with Crippen LogP contribution in [-0.4, -0.2) is 22.5 Å². The van der Waals surface area contributed by atoms with Crippen LogP contribution in [0.1, 0.15) is 29.2 Å². The number of alkyl halides is 3. The van der Waals surface area contributed by atoms with Gasteiger partial charge in [-0.3, -0.25) is 0 Å². The zero-order valence-corrected chi connectivity index (χ0v) is 12.9. The number of ether oxygens (including phenoxy) is 1. The van der Waals surface area contributed by atoms with E-state index < -0.39 is 18.0 Å². The molecule has 0 bridgehead atoms. The fraction of sp³-hybridized carbons (Fsp3) is 0.267. The lowest BCUT2D eigenvalue weighted by Gasteiger charge is -2.02. The van der Waals surface area contributed by atoms with E-state index in [2.05, 4.69) is 19.7 Å². The predicted octanol–water partition coefficient (Wildman–Crippen LogP) is 3.62. The molecule has 0 aliphatic rings. The van der Waals surface area contributed by atoms with Crippen LogP contribution in [0.25, 0.3) is 11.1 Å². The van der Waals surface area contributed by atoms with Gasteiger partial charge in [0.05, 0.1) is 13.2 Å². The van der Waals surface area contributed by atoms with Crippen molar-refractivity contribution in [2.45, 2.75) is 19.6 Å². The smallest absolute Gasteiger partial charge is 0.461 e. The molecule has 0 amide bonds. The van der Waals surface area contributed by atoms with Gasteiger partial charge in [-0.05, 0) is 25.1 Å². The Morgan fingerprint density at radius 2 is 2.12 bits per heavy atom. The molecule has 0 aliphatic carbocycles. The quantitative estimate of drug-likeness (QED) is 0.699. The van der Waals surface area contributed by atoms with Gasteiger partial charge in [-0.2, -0.15) is 13.2 Å². The molecule has 0 radical (unpaired) electrons. The van der Waals surface area contributed by atoms with Crippen molar-refractivity contribution in [3.8, 4) is 0 Å². The number of fused-ring (bicyclic) bond motifs is 1. The summed E-state index contributed by atoms with van der Waals surface area (Å²) in [5.41, 5.74) is 0.626. The molecule has 132 valence electrons. The Labute approximate surface area is 138 Å². The van der Waals surface area contributed by atoms with E-state index in [-0.39, 0.29) is 35.8 Å². The predicted molar refractivity (Wildman–Crippen MR) is 78.8 cm³/mol. The minimum absolute atomic E-state index is 0.0265. The SMILES string of the molecule is CCOC(=O)c1coc(CNc2ccc3oc(C(F)(F)F)nc3c2)n1. The second-order valence-corrected chi connectivity index (χ2v) is 4.90. The molecule has 10 heteroatoms. The highest BCUT2D eigenvalue weighted by molar-refractivity contribution is 5.86. The Morgan fingerprint density at radius 3 is 2.84 bits per heavy atom. The number of anilines is 1. The number of carbonyl (C=O) groups excluding carboxylic acids is 1. The lowest BCUT2D eigenvalue weighted by Crippen LogP contribution is -2.06. The summed E-state index contributed by atoms with van der Waals surface area (Å²) in [5.74, 6) is -1.67. The van der Waals surface area contributed by atoms with Gasteiger partial charge in [-0.25, -0.2) is 14.8 Å². The number of esters is 1. The van der Waals surface area contributed by atoms with E-state index in [1.165, 1.54) is 24.5 Å². The van der Waals surface area contributed by atoms with Gasteiger partial charge in [0.25, 0.3) is 0 Å². The molecule has 25 heavy (non-hydrogen) atoms. The summed E-state index contributed by atoms with van der Waals surface area (Å²) in [5, 5.41) is 2.91. The fourth-order valence-corrected chi connectivity index (χ4v) is 2.03. The molecule has 2 aromatic heterocycles. The van der Waals surface area contributed by atoms with Gasteiger partial charge >= 0.3 is 18.0 Å². The maximum atomic E-state index is 12.6. The number of benzene rings is 1. The van der Waals surface area contributed by atoms with Crippen molar-refractivity contribution < 1.29 is 31.5 Å². The third kappa shape index (κ3) is 3.73. The van der Waals surface area contributed by atoms with Crippen LogP contribution in [0.3, 0.4) is 0 Å². The molecular weight excluding hydrogens is 343 g/mol. The number of halogens is 3. The molecular formula is C15H12F3N3O4. The highest BCUT2D eigenvalue weighted by Crippen LogP contribution is 2.31. The van der Waals surface area contributed by atoms with E-state index in [0.717, 1.165) is 0 Å². The van der Waals surface area contributed by atoms with Crippen molar-refractivity contribution in [2.75, 3.05) is 11.9 Å². The first-order chi connectivity index (χ1) is 11.9. The topological polar surface area (TPSA) is 90.4 Å². The standard InChI is InChI=1S/C15H12F3N3O4/c1-2-23-13(22)10-7-24-12(20-10)6-19-8-3-4-11-9(5-8)21-14(25-11)15(16,17)18/h3-5,7,19H,2,6H2,1H3. The molecule has 0 unspecified atom stereocenters. The number of nitrogens with zero attached hydrogens (tertiary/aromatic N) is 2. The third-order valence-corrected chi connectivity index (χ3v) is 3.11. The molecule has 1 N–H and O–H groups in total. The lowest BCUT2D eigenvalue weighted by atomic mass is 10.3. The minimum Gasteiger partial charge on any atom is -0.461 e. The van der Waals surface area contributed by atoms with Gasteiger partial charge < -0.3 is 18.9 Å². The van der Waals surface area contributed by atoms with Gasteiger partial charge in [0.2, 0.25) is 5.89 Å². The number of hydrogen-bond donors (Lipinski definition) is 1. The molecule has 0 atom stereocenters. The summed E-state index contributed by atoms with van der Waals surface area (Å²) in [6.45, 7) is 2.01. The van der Waals surface area contributed by atoms with Crippen molar-refractivity contribution in [2.24, 2.45) is 0 Å². The monoisotopic (exact) mass is 355 g/mol. The Hall–Kier alpha value is -3.04. The molecule has 0 spiro atoms. The van der Waals surface area contributed by atoms with Crippen molar-refractivity contribution in [1.82, 2.24) is 9.97 Å². The van der Waals surface area contributed by atoms with Crippen LogP contribution < -0.4 is 5.32 Å². The van der Waals surface area contributed by atoms with Crippen LogP contribution in [0.15, 0.2) is 33.3 Å². The van der Waals surface area contributed by atoms with Crippen LogP contribution in [-0.2, 0) is 17.5 Å². The molecule has 0 saturated heterocycles. The zero-order chi connectivity index (χ0) is 18.0. The normalized spacial score (nSPS) is 11.7. The van der Waals surface area contributed by atoms with Crippen LogP contribution in [0.2, 0.25) is 0 Å². The number of carbonyl (C=O) groups is 1. The summed E-state index contributed by atoms with van der Waals surface area (Å²) in [7, 11) is 0. The Morgan fingerprint density at radius 1 is 1.32 bits per heavy atom. The first-order valence-corrected chi connectivity index (χ1v) is 7.20. The van der Waals surface area contributed by atoms with Gasteiger partial charge in [-0.15, -0.1) is 0 Å². The van der Waals surface area contributed by atoms with Crippen molar-refractivity contribution in [1.29, 1.82) is 0 Å². The second kappa shape index (κ2) is 6.46. The van der Waals surface area contributed by atoms with E-state index >= 15 is 0 Å². The highest BCUT2D eigenvalue weighted by atomic mass is 19.4. The fourth-order valence-electron chi connectivity index (χ4n) is 2.03. The molecule has 0 fully saturated rings. The molecule has 7 nitrogen and oxygen atoms in total. The summed E-state index contributed by atoms with van der Waals surface area (Å²) in [6, 6.07) is 4.31. The Kier molecular flexibility index (Phi) is 4.34. The van der Waals surface area contributed by atoms with Gasteiger partial charge in [0.15, 0.2) is 11.3 Å². The van der Waals surface area contributed by atoms with Crippen molar-refractivity contribution in [3.63, 3.8) is 0 Å². The number of nitrogens with one attached hydrogen (secondary N) is 1. The highest BCUT2D eigenvalue weighted by Gasteiger charge is 2.37. The van der Waals surface area contributed by atoms with E-state index in [4.69, 9.17) is 9.15 Å². The van der Waals surface area contributed by atoms with Crippen LogP contribution in [0.4, 0.5) is 18.9 Å². The van der Waals surface area contributed by atoms with Crippen LogP contribution in [0.5, 0.6) is 0 Å². The number of rotatable bonds is 5. The minimum atomic E-state index is -4.64. The van der Waals surface area contributed by atoms with E-state index in [1.54, 1.807) is 6.92 Å². The average Bonchev–Trinajstić information content (AvgIpc) is 3.19. The molecule has 1 aromatic carbocycles. The van der Waals surface area contributed by atoms with Crippen LogP contribution in [0, 0.1) is 0 Å². The first-order valence-electron chi connectivity index (χ1n) is 7.20. The largest absolute Gasteiger partial charge is 0.468 e. The summed E-state index contributed by atoms with van der Waals surface area (Å²) in [4.78, 5) is 18.9. The summed E-state index contributed by atoms with van der Waals surface area (Å²) >= 11 is 0. The molecule has 0 saturated carbocycles. The van der Waals surface area contributed by atoms with Crippen molar-refractivity contribution >= 4 is 22.8 Å². The average molecular weight is 355 g/mol. The Bertz CT molecular complexity index is 901. The van der Waals surface area contributed by atoms with Crippen molar-refractivity contribution in [3.05, 3.63) is 41.9 Å². The lowest BCUT2D eigenvalue weighted by molar-refractivity contribution is -0.156. The molecule has 3 aromatic rings. The first kappa shape index (κ1) is 16.8. The van der Waals surface area contributed by atoms with E-state index in [1.807, 2.05) is 0 Å². The van der Waals surface area contributed by atoms with E-state index in [0.29, 0.717) is 5.69 Å². The maximum absolute atomic E-state index is 12.6. The summed E-state index contributed by atoms with van der Waals surface area (Å²) < 4.78 is 52.3. The van der Waals surface area contributed by atoms with Gasteiger partial charge in [-0.1, -0.05) is 0 Å². The summed E-state index contributed by atoms with van der Waals surface area (Å²) in [6.07, 6.45) is -3.47. The second-order valence-electron chi connectivity index (χ2n) is 4.90. The van der Waals surface area contributed by atoms with E-state index in [9.17, 15) is 18.0 Å². The molecule has 2 heterocycles. The molecule has 3 rings (SSSR count). The Balaban J connectivity index is 1.70. The maximum Gasteiger partial charge on any atom is 0.468 e. The van der Waals surface area contributed by atoms with Gasteiger partial charge in [0.1, 0.15) is 11.8 Å². The number of hydrogen-bond acceptors (Lipinski definition) is 7. The molecule has 0 aliphatic heterocycles. The van der Waals surface area contributed by atoms with Crippen LogP contribution >= 0.6 is 0 Å². The third-order valence-electron chi connectivity index (χ3n) is 3.11. The zero-order valence-electron chi connectivity index (χ0n) is 12.9.